The van der Waals surface area contributed by atoms with Crippen molar-refractivity contribution in [3.8, 4) is 5.75 Å². The average Bonchev–Trinajstić information content (AvgIpc) is 3.17. The predicted molar refractivity (Wildman–Crippen MR) is 105 cm³/mol. The van der Waals surface area contributed by atoms with Crippen molar-refractivity contribution < 1.29 is 22.7 Å². The van der Waals surface area contributed by atoms with Gasteiger partial charge in [-0.05, 0) is 35.4 Å². The van der Waals surface area contributed by atoms with Crippen LogP contribution in [0.4, 0.5) is 8.78 Å². The summed E-state index contributed by atoms with van der Waals surface area (Å²) in [4.78, 5) is 12.9. The van der Waals surface area contributed by atoms with Gasteiger partial charge in [0.25, 0.3) is 5.91 Å². The van der Waals surface area contributed by atoms with Gasteiger partial charge in [0, 0.05) is 5.39 Å². The number of amides is 1. The zero-order chi connectivity index (χ0) is 20.2. The Labute approximate surface area is 165 Å². The third-order valence-corrected chi connectivity index (χ3v) is 4.50. The average molecular weight is 393 g/mol. The van der Waals surface area contributed by atoms with Crippen molar-refractivity contribution in [2.75, 3.05) is 0 Å². The third-order valence-electron chi connectivity index (χ3n) is 4.50. The van der Waals surface area contributed by atoms with E-state index in [1.165, 1.54) is 12.1 Å². The van der Waals surface area contributed by atoms with E-state index in [-0.39, 0.29) is 17.4 Å². The summed E-state index contributed by atoms with van der Waals surface area (Å²) < 4.78 is 34.9. The van der Waals surface area contributed by atoms with Gasteiger partial charge in [-0.2, -0.15) is 8.78 Å². The van der Waals surface area contributed by atoms with Crippen molar-refractivity contribution in [1.29, 1.82) is 0 Å². The van der Waals surface area contributed by atoms with Crippen LogP contribution in [-0.4, -0.2) is 12.5 Å². The molecule has 29 heavy (non-hydrogen) atoms. The van der Waals surface area contributed by atoms with Crippen LogP contribution in [-0.2, 0) is 0 Å². The van der Waals surface area contributed by atoms with E-state index in [9.17, 15) is 13.6 Å². The number of rotatable bonds is 6. The lowest BCUT2D eigenvalue weighted by Gasteiger charge is -2.19. The smallest absolute Gasteiger partial charge is 0.387 e. The molecule has 0 bridgehead atoms. The van der Waals surface area contributed by atoms with Crippen molar-refractivity contribution in [1.82, 2.24) is 5.32 Å². The normalized spacial score (nSPS) is 12.1. The minimum Gasteiger partial charge on any atom is -0.451 e. The summed E-state index contributed by atoms with van der Waals surface area (Å²) in [7, 11) is 0. The van der Waals surface area contributed by atoms with Crippen molar-refractivity contribution in [2.24, 2.45) is 0 Å². The first-order valence-corrected chi connectivity index (χ1v) is 8.99. The van der Waals surface area contributed by atoms with E-state index in [4.69, 9.17) is 4.42 Å². The van der Waals surface area contributed by atoms with Crippen LogP contribution in [0.25, 0.3) is 11.0 Å². The number of hydrogen-bond donors (Lipinski definition) is 1. The number of benzene rings is 3. The summed E-state index contributed by atoms with van der Waals surface area (Å²) in [5.41, 5.74) is 2.20. The topological polar surface area (TPSA) is 51.5 Å². The number of alkyl halides is 2. The molecule has 4 nitrogen and oxygen atoms in total. The molecule has 0 radical (unpaired) electrons. The molecule has 1 aromatic heterocycles. The van der Waals surface area contributed by atoms with Gasteiger partial charge in [0.15, 0.2) is 5.76 Å². The molecule has 146 valence electrons. The minimum atomic E-state index is -2.89. The Kier molecular flexibility index (Phi) is 5.24. The second-order valence-corrected chi connectivity index (χ2v) is 6.41. The molecule has 1 heterocycles. The van der Waals surface area contributed by atoms with E-state index in [0.29, 0.717) is 5.58 Å². The lowest BCUT2D eigenvalue weighted by molar-refractivity contribution is -0.0498. The summed E-state index contributed by atoms with van der Waals surface area (Å²) >= 11 is 0. The molecule has 0 aliphatic heterocycles. The van der Waals surface area contributed by atoms with Crippen LogP contribution < -0.4 is 10.1 Å². The molecule has 4 aromatic rings. The number of nitrogens with one attached hydrogen (secondary N) is 1. The number of carbonyl (C=O) groups is 1. The van der Waals surface area contributed by atoms with E-state index in [0.717, 1.165) is 16.5 Å². The lowest BCUT2D eigenvalue weighted by atomic mass is 9.98. The molecular formula is C23H17F2NO3. The van der Waals surface area contributed by atoms with Crippen molar-refractivity contribution >= 4 is 16.9 Å². The summed E-state index contributed by atoms with van der Waals surface area (Å²) in [6, 6.07) is 24.1. The monoisotopic (exact) mass is 393 g/mol. The van der Waals surface area contributed by atoms with Gasteiger partial charge in [0.05, 0.1) is 6.04 Å². The number of hydrogen-bond acceptors (Lipinski definition) is 3. The van der Waals surface area contributed by atoms with Crippen LogP contribution in [0.1, 0.15) is 27.7 Å². The first-order valence-electron chi connectivity index (χ1n) is 8.99. The van der Waals surface area contributed by atoms with Crippen LogP contribution in [0, 0.1) is 0 Å². The van der Waals surface area contributed by atoms with Gasteiger partial charge in [-0.15, -0.1) is 0 Å². The zero-order valence-electron chi connectivity index (χ0n) is 15.2. The van der Waals surface area contributed by atoms with Crippen LogP contribution >= 0.6 is 0 Å². The van der Waals surface area contributed by atoms with Crippen LogP contribution in [0.3, 0.4) is 0 Å². The SMILES string of the molecule is O=C(NC(c1ccccc1)c1ccc(OC(F)F)cc1)c1cc2ccccc2o1. The van der Waals surface area contributed by atoms with Gasteiger partial charge in [0.2, 0.25) is 0 Å². The lowest BCUT2D eigenvalue weighted by Crippen LogP contribution is -2.29. The van der Waals surface area contributed by atoms with Crippen molar-refractivity contribution in [2.45, 2.75) is 12.7 Å². The van der Waals surface area contributed by atoms with Gasteiger partial charge in [-0.25, -0.2) is 0 Å². The number of para-hydroxylation sites is 1. The summed E-state index contributed by atoms with van der Waals surface area (Å²) in [6.45, 7) is -2.89. The molecule has 0 fully saturated rings. The number of furan rings is 1. The Hall–Kier alpha value is -3.67. The Morgan fingerprint density at radius 2 is 1.52 bits per heavy atom. The van der Waals surface area contributed by atoms with Gasteiger partial charge in [0.1, 0.15) is 11.3 Å². The largest absolute Gasteiger partial charge is 0.451 e. The summed E-state index contributed by atoms with van der Waals surface area (Å²) in [5, 5.41) is 3.80. The van der Waals surface area contributed by atoms with Crippen molar-refractivity contribution in [3.63, 3.8) is 0 Å². The molecule has 4 rings (SSSR count). The first-order chi connectivity index (χ1) is 14.1. The molecule has 6 heteroatoms. The molecule has 1 amide bonds. The van der Waals surface area contributed by atoms with Crippen LogP contribution in [0.15, 0.2) is 89.3 Å². The molecule has 1 N–H and O–H groups in total. The van der Waals surface area contributed by atoms with Crippen LogP contribution in [0.5, 0.6) is 5.75 Å². The fraction of sp³-hybridized carbons (Fsp3) is 0.0870. The molecule has 1 unspecified atom stereocenters. The van der Waals surface area contributed by atoms with E-state index in [1.807, 2.05) is 48.5 Å². The molecule has 0 saturated carbocycles. The van der Waals surface area contributed by atoms with Gasteiger partial charge in [-0.1, -0.05) is 60.7 Å². The molecule has 1 atom stereocenters. The molecular weight excluding hydrogens is 376 g/mol. The highest BCUT2D eigenvalue weighted by atomic mass is 19.3. The second-order valence-electron chi connectivity index (χ2n) is 6.41. The zero-order valence-corrected chi connectivity index (χ0v) is 15.2. The maximum atomic E-state index is 12.9. The molecule has 0 saturated heterocycles. The molecule has 0 aliphatic rings. The maximum absolute atomic E-state index is 12.9. The third kappa shape index (κ3) is 4.27. The Balaban J connectivity index is 1.63. The summed E-state index contributed by atoms with van der Waals surface area (Å²) in [5.74, 6) is -0.119. The fourth-order valence-corrected chi connectivity index (χ4v) is 3.14. The number of fused-ring (bicyclic) bond motifs is 1. The van der Waals surface area contributed by atoms with Crippen molar-refractivity contribution in [3.05, 3.63) is 102 Å². The van der Waals surface area contributed by atoms with Gasteiger partial charge in [-0.3, -0.25) is 4.79 Å². The van der Waals surface area contributed by atoms with E-state index >= 15 is 0 Å². The molecule has 0 aliphatic carbocycles. The van der Waals surface area contributed by atoms with Gasteiger partial charge >= 0.3 is 6.61 Å². The van der Waals surface area contributed by atoms with E-state index in [2.05, 4.69) is 10.1 Å². The van der Waals surface area contributed by atoms with E-state index < -0.39 is 12.7 Å². The molecule has 0 spiro atoms. The Bertz CT molecular complexity index is 1070. The number of halogens is 2. The van der Waals surface area contributed by atoms with Crippen LogP contribution in [0.2, 0.25) is 0 Å². The highest BCUT2D eigenvalue weighted by molar-refractivity contribution is 5.96. The highest BCUT2D eigenvalue weighted by Crippen LogP contribution is 2.26. The minimum absolute atomic E-state index is 0.0548. The Morgan fingerprint density at radius 1 is 0.862 bits per heavy atom. The second kappa shape index (κ2) is 8.14. The molecule has 3 aromatic carbocycles. The predicted octanol–water partition coefficient (Wildman–Crippen LogP) is 5.55. The number of ether oxygens (including phenoxy) is 1. The number of carbonyl (C=O) groups excluding carboxylic acids is 1. The standard InChI is InChI=1S/C23H17F2NO3/c24-23(25)28-18-12-10-16(11-13-18)21(15-6-2-1-3-7-15)26-22(27)20-14-17-8-4-5-9-19(17)29-20/h1-14,21,23H,(H,26,27). The fourth-order valence-electron chi connectivity index (χ4n) is 3.14. The quantitative estimate of drug-likeness (QED) is 0.467. The Morgan fingerprint density at radius 3 is 2.21 bits per heavy atom. The summed E-state index contributed by atoms with van der Waals surface area (Å²) in [6.07, 6.45) is 0. The first kappa shape index (κ1) is 18.7. The van der Waals surface area contributed by atoms with E-state index in [1.54, 1.807) is 24.3 Å². The van der Waals surface area contributed by atoms with Gasteiger partial charge < -0.3 is 14.5 Å². The maximum Gasteiger partial charge on any atom is 0.387 e. The highest BCUT2D eigenvalue weighted by Gasteiger charge is 2.20.